The molecule has 53 heavy (non-hydrogen) atoms. The van der Waals surface area contributed by atoms with E-state index in [1.807, 2.05) is 11.3 Å². The molecule has 0 saturated carbocycles. The van der Waals surface area contributed by atoms with Crippen LogP contribution in [-0.4, -0.2) is 14.1 Å². The van der Waals surface area contributed by atoms with Gasteiger partial charge in [0.1, 0.15) is 0 Å². The highest BCUT2D eigenvalue weighted by atomic mass is 32.1. The number of benzene rings is 7. The van der Waals surface area contributed by atoms with Crippen LogP contribution in [0.2, 0.25) is 0 Å². The van der Waals surface area contributed by atoms with Gasteiger partial charge in [0.2, 0.25) is 0 Å². The van der Waals surface area contributed by atoms with Gasteiger partial charge in [0.25, 0.3) is 0 Å². The number of nitrogens with zero attached hydrogens (tertiary/aromatic N) is 3. The summed E-state index contributed by atoms with van der Waals surface area (Å²) >= 11 is 1.88. The number of hydrogen-bond donors (Lipinski definition) is 0. The van der Waals surface area contributed by atoms with E-state index >= 15 is 0 Å². The molecule has 0 spiro atoms. The lowest BCUT2D eigenvalue weighted by molar-refractivity contribution is 1.13. The van der Waals surface area contributed by atoms with Crippen LogP contribution in [0.5, 0.6) is 0 Å². The average molecular weight is 694 g/mol. The third-order valence-corrected chi connectivity index (χ3v) is 11.7. The third kappa shape index (κ3) is 4.77. The van der Waals surface area contributed by atoms with Crippen molar-refractivity contribution in [2.45, 2.75) is 0 Å². The summed E-state index contributed by atoms with van der Waals surface area (Å²) in [5.74, 6) is 0. The fraction of sp³-hybridized carbons (Fsp3) is 0. The average Bonchev–Trinajstić information content (AvgIpc) is 3.94. The van der Waals surface area contributed by atoms with Gasteiger partial charge in [-0.2, -0.15) is 0 Å². The van der Waals surface area contributed by atoms with Crippen molar-refractivity contribution in [2.75, 3.05) is 0 Å². The van der Waals surface area contributed by atoms with Crippen LogP contribution in [0.1, 0.15) is 0 Å². The molecule has 0 aliphatic carbocycles. The van der Waals surface area contributed by atoms with E-state index in [9.17, 15) is 0 Å². The van der Waals surface area contributed by atoms with E-state index in [4.69, 9.17) is 4.98 Å². The normalized spacial score (nSPS) is 11.8. The molecule has 11 rings (SSSR count). The fourth-order valence-corrected chi connectivity index (χ4v) is 9.33. The standard InChI is InChI=1S/C49H31N3S/c1-4-13-32(14-5-1)35-30-43(33-15-6-2-7-16-33)50-44(31-35)34-17-12-20-37(29-34)52-47-39(25-26-45-42(47)27-28-51(45)36-18-8-3-9-19-36)40-23-24-41-38-21-10-11-22-46(38)53-49(41)48(40)52/h1-31H. The van der Waals surface area contributed by atoms with Crippen LogP contribution in [-0.2, 0) is 0 Å². The van der Waals surface area contributed by atoms with E-state index in [0.717, 1.165) is 39.5 Å². The Hall–Kier alpha value is -6.75. The molecule has 7 aromatic carbocycles. The maximum Gasteiger partial charge on any atom is 0.0720 e. The summed E-state index contributed by atoms with van der Waals surface area (Å²) in [6.45, 7) is 0. The summed E-state index contributed by atoms with van der Waals surface area (Å²) in [5.41, 5.74) is 12.3. The van der Waals surface area contributed by atoms with Crippen LogP contribution in [0, 0.1) is 0 Å². The molecular formula is C49H31N3S. The molecule has 0 radical (unpaired) electrons. The molecule has 0 aliphatic heterocycles. The molecular weight excluding hydrogens is 663 g/mol. The smallest absolute Gasteiger partial charge is 0.0720 e. The number of pyridine rings is 1. The molecule has 248 valence electrons. The van der Waals surface area contributed by atoms with E-state index in [-0.39, 0.29) is 0 Å². The Labute approximate surface area is 310 Å². The molecule has 0 fully saturated rings. The zero-order valence-electron chi connectivity index (χ0n) is 28.6. The molecule has 0 aliphatic rings. The predicted molar refractivity (Wildman–Crippen MR) is 225 cm³/mol. The molecule has 0 saturated heterocycles. The van der Waals surface area contributed by atoms with Crippen LogP contribution in [0.3, 0.4) is 0 Å². The van der Waals surface area contributed by atoms with Crippen molar-refractivity contribution in [3.8, 4) is 45.0 Å². The number of fused-ring (bicyclic) bond motifs is 9. The second-order valence-corrected chi connectivity index (χ2v) is 14.6. The first-order chi connectivity index (χ1) is 26.3. The van der Waals surface area contributed by atoms with Gasteiger partial charge in [-0.15, -0.1) is 11.3 Å². The number of hydrogen-bond acceptors (Lipinski definition) is 2. The van der Waals surface area contributed by atoms with Gasteiger partial charge < -0.3 is 9.13 Å². The van der Waals surface area contributed by atoms with Gasteiger partial charge in [-0.1, -0.05) is 127 Å². The maximum absolute atomic E-state index is 5.30. The fourth-order valence-electron chi connectivity index (χ4n) is 8.09. The van der Waals surface area contributed by atoms with Gasteiger partial charge in [-0.3, -0.25) is 0 Å². The molecule has 0 bridgehead atoms. The lowest BCUT2D eigenvalue weighted by Gasteiger charge is -2.13. The van der Waals surface area contributed by atoms with Gasteiger partial charge in [0.15, 0.2) is 0 Å². The van der Waals surface area contributed by atoms with Crippen LogP contribution < -0.4 is 0 Å². The molecule has 0 N–H and O–H groups in total. The van der Waals surface area contributed by atoms with Crippen molar-refractivity contribution in [3.63, 3.8) is 0 Å². The third-order valence-electron chi connectivity index (χ3n) is 10.5. The second-order valence-electron chi connectivity index (χ2n) is 13.6. The molecule has 0 atom stereocenters. The van der Waals surface area contributed by atoms with Crippen LogP contribution >= 0.6 is 11.3 Å². The Balaban J connectivity index is 1.21. The molecule has 3 nitrogen and oxygen atoms in total. The van der Waals surface area contributed by atoms with Crippen LogP contribution in [0.25, 0.3) is 97.9 Å². The number of rotatable bonds is 5. The Morgan fingerprint density at radius 2 is 1.02 bits per heavy atom. The summed E-state index contributed by atoms with van der Waals surface area (Å²) in [6, 6.07) is 65.4. The van der Waals surface area contributed by atoms with Crippen LogP contribution in [0.4, 0.5) is 0 Å². The number of thiophene rings is 1. The van der Waals surface area contributed by atoms with Crippen molar-refractivity contribution in [3.05, 3.63) is 188 Å². The Morgan fingerprint density at radius 3 is 1.83 bits per heavy atom. The molecule has 0 amide bonds. The van der Waals surface area contributed by atoms with Gasteiger partial charge in [-0.05, 0) is 65.7 Å². The topological polar surface area (TPSA) is 22.8 Å². The van der Waals surface area contributed by atoms with Crippen molar-refractivity contribution >= 4 is 64.2 Å². The molecule has 4 heteroatoms. The monoisotopic (exact) mass is 693 g/mol. The van der Waals surface area contributed by atoms with Crippen molar-refractivity contribution in [1.82, 2.24) is 14.1 Å². The number of aromatic nitrogens is 3. The Kier molecular flexibility index (Phi) is 6.73. The van der Waals surface area contributed by atoms with E-state index in [2.05, 4.69) is 197 Å². The highest BCUT2D eigenvalue weighted by Gasteiger charge is 2.21. The van der Waals surface area contributed by atoms with Crippen molar-refractivity contribution in [1.29, 1.82) is 0 Å². The summed E-state index contributed by atoms with van der Waals surface area (Å²) in [5, 5.41) is 6.32. The van der Waals surface area contributed by atoms with E-state index in [1.54, 1.807) is 0 Å². The highest BCUT2D eigenvalue weighted by Crippen LogP contribution is 2.45. The minimum Gasteiger partial charge on any atom is -0.316 e. The summed E-state index contributed by atoms with van der Waals surface area (Å²) in [7, 11) is 0. The van der Waals surface area contributed by atoms with Gasteiger partial charge in [0, 0.05) is 60.3 Å². The lowest BCUT2D eigenvalue weighted by Crippen LogP contribution is -1.97. The Morgan fingerprint density at radius 1 is 0.396 bits per heavy atom. The minimum absolute atomic E-state index is 0.945. The van der Waals surface area contributed by atoms with Crippen molar-refractivity contribution in [2.24, 2.45) is 0 Å². The first kappa shape index (κ1) is 29.9. The van der Waals surface area contributed by atoms with E-state index in [0.29, 0.717) is 0 Å². The van der Waals surface area contributed by atoms with E-state index in [1.165, 1.54) is 58.4 Å². The van der Waals surface area contributed by atoms with E-state index < -0.39 is 0 Å². The minimum atomic E-state index is 0.945. The van der Waals surface area contributed by atoms with Gasteiger partial charge >= 0.3 is 0 Å². The second kappa shape index (κ2) is 11.9. The SMILES string of the molecule is c1ccc(-c2cc(-c3ccccc3)nc(-c3cccc(-n4c5c(ccc6c5ccn6-c5ccccc5)c5ccc6c7ccccc7sc6c54)c3)c2)cc1. The predicted octanol–water partition coefficient (Wildman–Crippen LogP) is 13.5. The zero-order valence-corrected chi connectivity index (χ0v) is 29.5. The molecule has 4 aromatic heterocycles. The lowest BCUT2D eigenvalue weighted by atomic mass is 10.00. The van der Waals surface area contributed by atoms with Gasteiger partial charge in [-0.25, -0.2) is 4.98 Å². The summed E-state index contributed by atoms with van der Waals surface area (Å²) in [6.07, 6.45) is 2.21. The highest BCUT2D eigenvalue weighted by molar-refractivity contribution is 7.26. The zero-order chi connectivity index (χ0) is 34.9. The quantitative estimate of drug-likeness (QED) is 0.176. The van der Waals surface area contributed by atoms with Gasteiger partial charge in [0.05, 0.1) is 32.6 Å². The molecule has 11 aromatic rings. The van der Waals surface area contributed by atoms with Crippen molar-refractivity contribution < 1.29 is 0 Å². The summed E-state index contributed by atoms with van der Waals surface area (Å²) in [4.78, 5) is 5.30. The largest absolute Gasteiger partial charge is 0.316 e. The maximum atomic E-state index is 5.30. The first-order valence-electron chi connectivity index (χ1n) is 18.0. The molecule has 4 heterocycles. The first-order valence-corrected chi connectivity index (χ1v) is 18.8. The number of para-hydroxylation sites is 1. The molecule has 0 unspecified atom stereocenters. The Bertz CT molecular complexity index is 3090. The summed E-state index contributed by atoms with van der Waals surface area (Å²) < 4.78 is 7.42. The van der Waals surface area contributed by atoms with Crippen LogP contribution in [0.15, 0.2) is 188 Å².